The lowest BCUT2D eigenvalue weighted by molar-refractivity contribution is 0.0695. The first kappa shape index (κ1) is 17.6. The Labute approximate surface area is 166 Å². The smallest absolute Gasteiger partial charge is 0.253 e. The SMILES string of the molecule is O=C(c1ccc(F)cc1)N1CCCC(c2nc(-c3cc4ccccc4[nH]3)no2)C1. The molecular formula is C22H19FN4O2. The predicted octanol–water partition coefficient (Wildman–Crippen LogP) is 4.38. The maximum Gasteiger partial charge on any atom is 0.253 e. The Bertz CT molecular complexity index is 1130. The van der Waals surface area contributed by atoms with E-state index in [0.29, 0.717) is 30.4 Å². The Hall–Kier alpha value is -3.48. The van der Waals surface area contributed by atoms with E-state index in [0.717, 1.165) is 29.4 Å². The number of carbonyl (C=O) groups is 1. The van der Waals surface area contributed by atoms with Gasteiger partial charge in [-0.2, -0.15) is 4.98 Å². The summed E-state index contributed by atoms with van der Waals surface area (Å²) < 4.78 is 18.7. The van der Waals surface area contributed by atoms with Crippen LogP contribution in [0.1, 0.15) is 35.0 Å². The molecule has 0 spiro atoms. The van der Waals surface area contributed by atoms with Gasteiger partial charge in [0.1, 0.15) is 5.82 Å². The molecule has 1 atom stereocenters. The quantitative estimate of drug-likeness (QED) is 0.563. The molecule has 6 nitrogen and oxygen atoms in total. The van der Waals surface area contributed by atoms with E-state index in [2.05, 4.69) is 15.1 Å². The van der Waals surface area contributed by atoms with E-state index >= 15 is 0 Å². The van der Waals surface area contributed by atoms with E-state index in [9.17, 15) is 9.18 Å². The summed E-state index contributed by atoms with van der Waals surface area (Å²) in [6.45, 7) is 1.17. The highest BCUT2D eigenvalue weighted by Crippen LogP contribution is 2.29. The summed E-state index contributed by atoms with van der Waals surface area (Å²) in [4.78, 5) is 22.4. The van der Waals surface area contributed by atoms with E-state index in [1.54, 1.807) is 4.90 Å². The van der Waals surface area contributed by atoms with Gasteiger partial charge in [0.2, 0.25) is 11.7 Å². The van der Waals surface area contributed by atoms with Gasteiger partial charge in [-0.15, -0.1) is 0 Å². The molecule has 0 radical (unpaired) electrons. The summed E-state index contributed by atoms with van der Waals surface area (Å²) in [6.07, 6.45) is 1.73. The Kier molecular flexibility index (Phi) is 4.35. The van der Waals surface area contributed by atoms with Crippen molar-refractivity contribution >= 4 is 16.8 Å². The van der Waals surface area contributed by atoms with Crippen LogP contribution in [0.15, 0.2) is 59.1 Å². The van der Waals surface area contributed by atoms with Crippen molar-refractivity contribution < 1.29 is 13.7 Å². The van der Waals surface area contributed by atoms with E-state index < -0.39 is 0 Å². The Morgan fingerprint density at radius 1 is 1.17 bits per heavy atom. The normalized spacial score (nSPS) is 17.0. The molecule has 1 unspecified atom stereocenters. The molecule has 7 heteroatoms. The van der Waals surface area contributed by atoms with Crippen LogP contribution in [0.3, 0.4) is 0 Å². The molecule has 1 amide bonds. The Balaban J connectivity index is 1.34. The van der Waals surface area contributed by atoms with Gasteiger partial charge in [0.25, 0.3) is 5.91 Å². The molecule has 5 rings (SSSR count). The summed E-state index contributed by atoms with van der Waals surface area (Å²) >= 11 is 0. The third-order valence-corrected chi connectivity index (χ3v) is 5.36. The van der Waals surface area contributed by atoms with Gasteiger partial charge in [-0.1, -0.05) is 23.4 Å². The molecule has 1 saturated heterocycles. The first-order valence-electron chi connectivity index (χ1n) is 9.64. The number of H-pyrrole nitrogens is 1. The van der Waals surface area contributed by atoms with Crippen molar-refractivity contribution in [3.05, 3.63) is 71.9 Å². The topological polar surface area (TPSA) is 75.0 Å². The van der Waals surface area contributed by atoms with E-state index in [-0.39, 0.29) is 17.6 Å². The highest BCUT2D eigenvalue weighted by atomic mass is 19.1. The van der Waals surface area contributed by atoms with Crippen LogP contribution in [0.5, 0.6) is 0 Å². The summed E-state index contributed by atoms with van der Waals surface area (Å²) in [7, 11) is 0. The van der Waals surface area contributed by atoms with Crippen LogP contribution in [0.4, 0.5) is 4.39 Å². The Morgan fingerprint density at radius 3 is 2.83 bits per heavy atom. The van der Waals surface area contributed by atoms with Crippen LogP contribution >= 0.6 is 0 Å². The molecule has 1 N–H and O–H groups in total. The van der Waals surface area contributed by atoms with Crippen molar-refractivity contribution in [2.45, 2.75) is 18.8 Å². The molecule has 146 valence electrons. The highest BCUT2D eigenvalue weighted by molar-refractivity contribution is 5.94. The van der Waals surface area contributed by atoms with Crippen LogP contribution < -0.4 is 0 Å². The number of aromatic nitrogens is 3. The van der Waals surface area contributed by atoms with Gasteiger partial charge in [-0.05, 0) is 49.2 Å². The fourth-order valence-electron chi connectivity index (χ4n) is 3.84. The molecule has 1 aliphatic heterocycles. The second kappa shape index (κ2) is 7.16. The molecule has 2 aromatic carbocycles. The van der Waals surface area contributed by atoms with Crippen LogP contribution in [0, 0.1) is 5.82 Å². The van der Waals surface area contributed by atoms with Crippen molar-refractivity contribution in [1.82, 2.24) is 20.0 Å². The van der Waals surface area contributed by atoms with Crippen molar-refractivity contribution in [3.63, 3.8) is 0 Å². The number of hydrogen-bond donors (Lipinski definition) is 1. The van der Waals surface area contributed by atoms with Crippen LogP contribution in [0.2, 0.25) is 0 Å². The molecule has 29 heavy (non-hydrogen) atoms. The standard InChI is InChI=1S/C22H19FN4O2/c23-17-9-7-14(8-10-17)22(28)27-11-3-5-16(13-27)21-25-20(26-29-21)19-12-15-4-1-2-6-18(15)24-19/h1-2,4,6-10,12,16,24H,3,5,11,13H2. The van der Waals surface area contributed by atoms with Crippen molar-refractivity contribution in [2.24, 2.45) is 0 Å². The molecule has 0 saturated carbocycles. The largest absolute Gasteiger partial charge is 0.352 e. The number of rotatable bonds is 3. The first-order chi connectivity index (χ1) is 14.2. The first-order valence-corrected chi connectivity index (χ1v) is 9.64. The molecule has 1 aliphatic rings. The van der Waals surface area contributed by atoms with Gasteiger partial charge in [0.05, 0.1) is 11.6 Å². The van der Waals surface area contributed by atoms with E-state index in [1.807, 2.05) is 30.3 Å². The van der Waals surface area contributed by atoms with Crippen molar-refractivity contribution in [1.29, 1.82) is 0 Å². The summed E-state index contributed by atoms with van der Waals surface area (Å²) in [5, 5.41) is 5.22. The lowest BCUT2D eigenvalue weighted by Crippen LogP contribution is -2.39. The minimum Gasteiger partial charge on any atom is -0.352 e. The number of likely N-dealkylation sites (tertiary alicyclic amines) is 1. The number of aromatic amines is 1. The molecule has 4 aromatic rings. The number of hydrogen-bond acceptors (Lipinski definition) is 4. The number of benzene rings is 2. The molecule has 0 aliphatic carbocycles. The monoisotopic (exact) mass is 390 g/mol. The van der Waals surface area contributed by atoms with E-state index in [4.69, 9.17) is 4.52 Å². The maximum atomic E-state index is 13.1. The lowest BCUT2D eigenvalue weighted by Gasteiger charge is -2.31. The summed E-state index contributed by atoms with van der Waals surface area (Å²) in [6, 6.07) is 15.6. The van der Waals surface area contributed by atoms with Crippen LogP contribution in [-0.2, 0) is 0 Å². The zero-order valence-electron chi connectivity index (χ0n) is 15.6. The molecule has 2 aromatic heterocycles. The highest BCUT2D eigenvalue weighted by Gasteiger charge is 2.29. The number of para-hydroxylation sites is 1. The van der Waals surface area contributed by atoms with Crippen molar-refractivity contribution in [3.8, 4) is 11.5 Å². The number of piperidine rings is 1. The number of carbonyl (C=O) groups excluding carboxylic acids is 1. The summed E-state index contributed by atoms with van der Waals surface area (Å²) in [5.41, 5.74) is 2.30. The molecular weight excluding hydrogens is 371 g/mol. The average molecular weight is 390 g/mol. The second-order valence-corrected chi connectivity index (χ2v) is 7.32. The Morgan fingerprint density at radius 2 is 2.00 bits per heavy atom. The predicted molar refractivity (Wildman–Crippen MR) is 106 cm³/mol. The molecule has 3 heterocycles. The molecule has 1 fully saturated rings. The van der Waals surface area contributed by atoms with Crippen molar-refractivity contribution in [2.75, 3.05) is 13.1 Å². The van der Waals surface area contributed by atoms with Gasteiger partial charge in [0.15, 0.2) is 0 Å². The van der Waals surface area contributed by atoms with Crippen LogP contribution in [-0.4, -0.2) is 39.0 Å². The summed E-state index contributed by atoms with van der Waals surface area (Å²) in [5.74, 6) is 0.575. The van der Waals surface area contributed by atoms with Gasteiger partial charge >= 0.3 is 0 Å². The number of nitrogens with one attached hydrogen (secondary N) is 1. The average Bonchev–Trinajstić information content (AvgIpc) is 3.41. The zero-order valence-corrected chi connectivity index (χ0v) is 15.6. The van der Waals surface area contributed by atoms with Gasteiger partial charge in [-0.25, -0.2) is 4.39 Å². The zero-order chi connectivity index (χ0) is 19.8. The fraction of sp³-hybridized carbons (Fsp3) is 0.227. The minimum atomic E-state index is -0.353. The van der Waals surface area contributed by atoms with Gasteiger partial charge < -0.3 is 14.4 Å². The molecule has 0 bridgehead atoms. The second-order valence-electron chi connectivity index (χ2n) is 7.32. The maximum absolute atomic E-state index is 13.1. The minimum absolute atomic E-state index is 0.0150. The van der Waals surface area contributed by atoms with Gasteiger partial charge in [0, 0.05) is 29.6 Å². The number of halogens is 1. The third-order valence-electron chi connectivity index (χ3n) is 5.36. The number of amides is 1. The lowest BCUT2D eigenvalue weighted by atomic mass is 9.97. The fourth-order valence-corrected chi connectivity index (χ4v) is 3.84. The number of fused-ring (bicyclic) bond motifs is 1. The van der Waals surface area contributed by atoms with Gasteiger partial charge in [-0.3, -0.25) is 4.79 Å². The third kappa shape index (κ3) is 3.40. The van der Waals surface area contributed by atoms with Crippen LogP contribution in [0.25, 0.3) is 22.4 Å². The number of nitrogens with zero attached hydrogens (tertiary/aromatic N) is 3. The van der Waals surface area contributed by atoms with E-state index in [1.165, 1.54) is 24.3 Å².